The van der Waals surface area contributed by atoms with E-state index in [-0.39, 0.29) is 5.54 Å². The maximum atomic E-state index is 4.45. The molecule has 1 aromatic heterocycles. The van der Waals surface area contributed by atoms with Crippen LogP contribution in [-0.2, 0) is 13.1 Å². The average molecular weight is 290 g/mol. The van der Waals surface area contributed by atoms with Crippen LogP contribution >= 0.6 is 0 Å². The first-order valence-corrected chi connectivity index (χ1v) is 8.61. The van der Waals surface area contributed by atoms with Crippen molar-refractivity contribution >= 4 is 0 Å². The van der Waals surface area contributed by atoms with Crippen molar-refractivity contribution in [1.29, 1.82) is 0 Å². The lowest BCUT2D eigenvalue weighted by molar-refractivity contribution is 0.00531. The van der Waals surface area contributed by atoms with E-state index in [0.717, 1.165) is 26.2 Å². The lowest BCUT2D eigenvalue weighted by Crippen LogP contribution is -2.67. The molecule has 0 radical (unpaired) electrons. The van der Waals surface area contributed by atoms with Gasteiger partial charge in [0.15, 0.2) is 0 Å². The Balaban J connectivity index is 1.79. The largest absolute Gasteiger partial charge is 0.308 e. The second-order valence-corrected chi connectivity index (χ2v) is 7.26. The first kappa shape index (κ1) is 15.0. The molecule has 1 saturated heterocycles. The fourth-order valence-electron chi connectivity index (χ4n) is 4.00. The fraction of sp³-hybridized carbons (Fsp3) is 0.824. The number of aryl methyl sites for hydroxylation is 1. The van der Waals surface area contributed by atoms with E-state index in [1.165, 1.54) is 37.7 Å². The van der Waals surface area contributed by atoms with Gasteiger partial charge >= 0.3 is 0 Å². The predicted molar refractivity (Wildman–Crippen MR) is 86.2 cm³/mol. The molecule has 21 heavy (non-hydrogen) atoms. The predicted octanol–water partition coefficient (Wildman–Crippen LogP) is 2.79. The third-order valence-corrected chi connectivity index (χ3v) is 5.75. The van der Waals surface area contributed by atoms with Crippen LogP contribution in [0.2, 0.25) is 0 Å². The van der Waals surface area contributed by atoms with Gasteiger partial charge in [0.1, 0.15) is 0 Å². The van der Waals surface area contributed by atoms with Crippen molar-refractivity contribution in [3.05, 3.63) is 18.0 Å². The Morgan fingerprint density at radius 2 is 2.05 bits per heavy atom. The molecule has 1 aliphatic heterocycles. The van der Waals surface area contributed by atoms with Gasteiger partial charge in [-0.05, 0) is 33.1 Å². The summed E-state index contributed by atoms with van der Waals surface area (Å²) in [7, 11) is 0. The summed E-state index contributed by atoms with van der Waals surface area (Å²) in [4.78, 5) is 2.76. The van der Waals surface area contributed by atoms with Crippen LogP contribution in [0.25, 0.3) is 0 Å². The molecule has 0 aromatic carbocycles. The van der Waals surface area contributed by atoms with E-state index in [1.807, 2.05) is 4.68 Å². The van der Waals surface area contributed by atoms with Gasteiger partial charge in [-0.2, -0.15) is 5.10 Å². The summed E-state index contributed by atoms with van der Waals surface area (Å²) in [5, 5.41) is 8.29. The second-order valence-electron chi connectivity index (χ2n) is 7.26. The molecule has 1 unspecified atom stereocenters. The molecule has 1 N–H and O–H groups in total. The molecule has 2 heterocycles. The quantitative estimate of drug-likeness (QED) is 0.925. The van der Waals surface area contributed by atoms with Crippen LogP contribution in [0.4, 0.5) is 0 Å². The Morgan fingerprint density at radius 1 is 1.29 bits per heavy atom. The normalized spacial score (nSPS) is 29.3. The van der Waals surface area contributed by atoms with Crippen molar-refractivity contribution in [2.24, 2.45) is 0 Å². The van der Waals surface area contributed by atoms with Crippen LogP contribution in [0.3, 0.4) is 0 Å². The van der Waals surface area contributed by atoms with E-state index in [4.69, 9.17) is 0 Å². The molecular weight excluding hydrogens is 260 g/mol. The molecule has 2 fully saturated rings. The third kappa shape index (κ3) is 2.88. The summed E-state index contributed by atoms with van der Waals surface area (Å²) >= 11 is 0. The van der Waals surface area contributed by atoms with Gasteiger partial charge in [0.25, 0.3) is 0 Å². The number of piperazine rings is 1. The molecule has 0 amide bonds. The van der Waals surface area contributed by atoms with Gasteiger partial charge in [-0.25, -0.2) is 0 Å². The van der Waals surface area contributed by atoms with Crippen molar-refractivity contribution in [3.63, 3.8) is 0 Å². The van der Waals surface area contributed by atoms with E-state index < -0.39 is 0 Å². The maximum Gasteiger partial charge on any atom is 0.0534 e. The minimum atomic E-state index is 0.259. The smallest absolute Gasteiger partial charge is 0.0534 e. The SMILES string of the molecule is CCn1cc(CN2CC(C)(CC)NCC23CCCC3)cn1. The summed E-state index contributed by atoms with van der Waals surface area (Å²) in [6.45, 7) is 11.1. The molecule has 1 spiro atoms. The Hall–Kier alpha value is -0.870. The monoisotopic (exact) mass is 290 g/mol. The zero-order chi connectivity index (χ0) is 14.9. The molecule has 2 aliphatic rings. The van der Waals surface area contributed by atoms with Gasteiger partial charge in [-0.1, -0.05) is 19.8 Å². The van der Waals surface area contributed by atoms with Gasteiger partial charge in [-0.3, -0.25) is 9.58 Å². The number of aromatic nitrogens is 2. The Kier molecular flexibility index (Phi) is 4.10. The number of nitrogens with zero attached hydrogens (tertiary/aromatic N) is 3. The molecule has 4 nitrogen and oxygen atoms in total. The summed E-state index contributed by atoms with van der Waals surface area (Å²) in [5.74, 6) is 0. The standard InChI is InChI=1S/C17H30N4/c1-4-16(3)14-20(11-15-10-19-21(5-2)12-15)17(13-18-16)8-6-7-9-17/h10,12,18H,4-9,11,13-14H2,1-3H3. The van der Waals surface area contributed by atoms with Crippen molar-refractivity contribution in [2.75, 3.05) is 13.1 Å². The fourth-order valence-corrected chi connectivity index (χ4v) is 4.00. The van der Waals surface area contributed by atoms with Gasteiger partial charge < -0.3 is 5.32 Å². The van der Waals surface area contributed by atoms with E-state index in [2.05, 4.69) is 48.5 Å². The molecular formula is C17H30N4. The summed E-state index contributed by atoms with van der Waals surface area (Å²) in [6.07, 6.45) is 10.9. The summed E-state index contributed by atoms with van der Waals surface area (Å²) < 4.78 is 2.04. The van der Waals surface area contributed by atoms with E-state index in [9.17, 15) is 0 Å². The Bertz CT molecular complexity index is 475. The number of hydrogen-bond acceptors (Lipinski definition) is 3. The first-order chi connectivity index (χ1) is 10.1. The Labute approximate surface area is 128 Å². The van der Waals surface area contributed by atoms with Crippen molar-refractivity contribution in [3.8, 4) is 0 Å². The third-order valence-electron chi connectivity index (χ3n) is 5.75. The molecule has 1 atom stereocenters. The molecule has 4 heteroatoms. The molecule has 1 saturated carbocycles. The van der Waals surface area contributed by atoms with Crippen molar-refractivity contribution in [1.82, 2.24) is 20.0 Å². The van der Waals surface area contributed by atoms with Crippen LogP contribution in [-0.4, -0.2) is 38.8 Å². The van der Waals surface area contributed by atoms with E-state index in [1.54, 1.807) is 0 Å². The van der Waals surface area contributed by atoms with Crippen LogP contribution < -0.4 is 5.32 Å². The molecule has 118 valence electrons. The van der Waals surface area contributed by atoms with Crippen molar-refractivity contribution in [2.45, 2.75) is 77.0 Å². The first-order valence-electron chi connectivity index (χ1n) is 8.61. The van der Waals surface area contributed by atoms with E-state index in [0.29, 0.717) is 5.54 Å². The molecule has 3 rings (SSSR count). The maximum absolute atomic E-state index is 4.45. The van der Waals surface area contributed by atoms with Crippen molar-refractivity contribution < 1.29 is 0 Å². The van der Waals surface area contributed by atoms with Crippen LogP contribution in [0.15, 0.2) is 12.4 Å². The second kappa shape index (κ2) is 5.73. The number of rotatable bonds is 4. The topological polar surface area (TPSA) is 33.1 Å². The van der Waals surface area contributed by atoms with E-state index >= 15 is 0 Å². The minimum Gasteiger partial charge on any atom is -0.308 e. The summed E-state index contributed by atoms with van der Waals surface area (Å²) in [5.41, 5.74) is 2.01. The molecule has 1 aliphatic carbocycles. The Morgan fingerprint density at radius 3 is 2.67 bits per heavy atom. The lowest BCUT2D eigenvalue weighted by atomic mass is 9.84. The van der Waals surface area contributed by atoms with Gasteiger partial charge in [0.05, 0.1) is 6.20 Å². The van der Waals surface area contributed by atoms with Gasteiger partial charge in [0, 0.05) is 49.0 Å². The molecule has 0 bridgehead atoms. The average Bonchev–Trinajstić information content (AvgIpc) is 3.13. The zero-order valence-corrected chi connectivity index (χ0v) is 13.9. The molecule has 1 aromatic rings. The van der Waals surface area contributed by atoms with Crippen LogP contribution in [0, 0.1) is 0 Å². The highest BCUT2D eigenvalue weighted by Gasteiger charge is 2.46. The van der Waals surface area contributed by atoms with Gasteiger partial charge in [0.2, 0.25) is 0 Å². The zero-order valence-electron chi connectivity index (χ0n) is 13.9. The highest BCUT2D eigenvalue weighted by atomic mass is 15.3. The highest BCUT2D eigenvalue weighted by molar-refractivity contribution is 5.10. The number of nitrogens with one attached hydrogen (secondary N) is 1. The van der Waals surface area contributed by atoms with Crippen LogP contribution in [0.1, 0.15) is 58.4 Å². The number of hydrogen-bond donors (Lipinski definition) is 1. The van der Waals surface area contributed by atoms with Gasteiger partial charge in [-0.15, -0.1) is 0 Å². The van der Waals surface area contributed by atoms with Crippen LogP contribution in [0.5, 0.6) is 0 Å². The lowest BCUT2D eigenvalue weighted by Gasteiger charge is -2.52. The minimum absolute atomic E-state index is 0.259. The summed E-state index contributed by atoms with van der Waals surface area (Å²) in [6, 6.07) is 0. The highest BCUT2D eigenvalue weighted by Crippen LogP contribution is 2.39.